The Morgan fingerprint density at radius 1 is 1.20 bits per heavy atom. The molecule has 2 nitrogen and oxygen atoms in total. The highest BCUT2D eigenvalue weighted by Crippen LogP contribution is 2.32. The molecule has 0 heterocycles. The number of halogens is 4. The molecule has 0 rings (SSSR count). The minimum atomic E-state index is -4.59. The average Bonchev–Trinajstić information content (AvgIpc) is 1.84. The molecule has 0 aromatic heterocycles. The molecule has 0 fully saturated rings. The van der Waals surface area contributed by atoms with E-state index in [1.807, 2.05) is 0 Å². The third-order valence-electron chi connectivity index (χ3n) is 0.864. The lowest BCUT2D eigenvalue weighted by Crippen LogP contribution is -2.49. The first-order chi connectivity index (χ1) is 4.37. The second-order valence-corrected chi connectivity index (χ2v) is 5.39. The van der Waals surface area contributed by atoms with E-state index in [2.05, 4.69) is 8.85 Å². The van der Waals surface area contributed by atoms with Gasteiger partial charge in [-0.25, -0.2) is 0 Å². The zero-order chi connectivity index (χ0) is 8.41. The van der Waals surface area contributed by atoms with Crippen LogP contribution in [0, 0.1) is 0 Å². The fourth-order valence-corrected chi connectivity index (χ4v) is 0.944. The maximum absolute atomic E-state index is 11.8. The molecular weight excluding hydrogens is 189 g/mol. The molecule has 0 amide bonds. The van der Waals surface area contributed by atoms with E-state index in [1.165, 1.54) is 0 Å². The van der Waals surface area contributed by atoms with Gasteiger partial charge in [-0.3, -0.25) is 0 Å². The maximum atomic E-state index is 11.8. The minimum Gasteiger partial charge on any atom is -0.381 e. The molecule has 0 aromatic carbocycles. The van der Waals surface area contributed by atoms with Crippen LogP contribution in [0.3, 0.4) is 0 Å². The van der Waals surface area contributed by atoms with Gasteiger partial charge in [0.2, 0.25) is 0 Å². The summed E-state index contributed by atoms with van der Waals surface area (Å²) in [6, 6.07) is 0. The molecule has 62 valence electrons. The lowest BCUT2D eigenvalue weighted by atomic mass is 11.5. The molecule has 0 aliphatic rings. The molecule has 0 saturated carbocycles. The molecule has 0 aliphatic carbocycles. The topological polar surface area (TPSA) is 18.5 Å². The van der Waals surface area contributed by atoms with Crippen LogP contribution in [0.5, 0.6) is 0 Å². The van der Waals surface area contributed by atoms with Crippen molar-refractivity contribution < 1.29 is 22.0 Å². The predicted octanol–water partition coefficient (Wildman–Crippen LogP) is 1.56. The summed E-state index contributed by atoms with van der Waals surface area (Å²) in [4.78, 5) is 0. The van der Waals surface area contributed by atoms with Crippen molar-refractivity contribution in [1.29, 1.82) is 0 Å². The lowest BCUT2D eigenvalue weighted by Gasteiger charge is -2.21. The van der Waals surface area contributed by atoms with E-state index in [-0.39, 0.29) is 0 Å². The largest absolute Gasteiger partial charge is 0.559 e. The van der Waals surface area contributed by atoms with Crippen LogP contribution in [0.15, 0.2) is 0 Å². The van der Waals surface area contributed by atoms with Crippen molar-refractivity contribution in [3.63, 3.8) is 0 Å². The van der Waals surface area contributed by atoms with E-state index in [0.29, 0.717) is 0 Å². The molecule has 0 aromatic rings. The van der Waals surface area contributed by atoms with E-state index >= 15 is 0 Å². The Hall–Kier alpha value is 0.217. The molecule has 0 bridgehead atoms. The summed E-state index contributed by atoms with van der Waals surface area (Å²) in [5.41, 5.74) is 0. The second-order valence-electron chi connectivity index (χ2n) is 1.44. The molecule has 0 radical (unpaired) electrons. The standard InChI is InChI=1S/C3H6ClF3O2Si/c1-8-10(4,9-2)3(5,6)7/h1-2H3. The van der Waals surface area contributed by atoms with Gasteiger partial charge in [0, 0.05) is 14.2 Å². The smallest absolute Gasteiger partial charge is 0.381 e. The Kier molecular flexibility index (Phi) is 3.15. The summed E-state index contributed by atoms with van der Waals surface area (Å²) in [6.45, 7) is 0. The Labute approximate surface area is 61.8 Å². The van der Waals surface area contributed by atoms with Crippen LogP contribution < -0.4 is 0 Å². The van der Waals surface area contributed by atoms with E-state index in [4.69, 9.17) is 11.1 Å². The van der Waals surface area contributed by atoms with Gasteiger partial charge in [0.05, 0.1) is 0 Å². The molecule has 0 unspecified atom stereocenters. The first kappa shape index (κ1) is 10.2. The van der Waals surface area contributed by atoms with Gasteiger partial charge in [-0.1, -0.05) is 11.1 Å². The summed E-state index contributed by atoms with van der Waals surface area (Å²) < 4.78 is 43.4. The van der Waals surface area contributed by atoms with Crippen LogP contribution in [-0.2, 0) is 8.85 Å². The highest BCUT2D eigenvalue weighted by Gasteiger charge is 2.61. The third-order valence-corrected chi connectivity index (χ3v) is 4.16. The van der Waals surface area contributed by atoms with Gasteiger partial charge < -0.3 is 8.85 Å². The first-order valence-electron chi connectivity index (χ1n) is 2.23. The van der Waals surface area contributed by atoms with Crippen LogP contribution in [0.1, 0.15) is 0 Å². The summed E-state index contributed by atoms with van der Waals surface area (Å²) in [6.07, 6.45) is 0. The van der Waals surface area contributed by atoms with Crippen molar-refractivity contribution in [2.75, 3.05) is 14.2 Å². The van der Waals surface area contributed by atoms with Gasteiger partial charge in [0.15, 0.2) is 0 Å². The predicted molar refractivity (Wildman–Crippen MR) is 31.7 cm³/mol. The van der Waals surface area contributed by atoms with Crippen LogP contribution >= 0.6 is 11.1 Å². The molecule has 0 saturated heterocycles. The van der Waals surface area contributed by atoms with Crippen molar-refractivity contribution in [3.8, 4) is 0 Å². The Morgan fingerprint density at radius 3 is 1.50 bits per heavy atom. The molecule has 0 N–H and O–H groups in total. The van der Waals surface area contributed by atoms with E-state index in [0.717, 1.165) is 14.2 Å². The molecule has 7 heteroatoms. The summed E-state index contributed by atoms with van der Waals surface area (Å²) in [7, 11) is -2.68. The summed E-state index contributed by atoms with van der Waals surface area (Å²) in [5, 5.41) is 0. The third kappa shape index (κ3) is 1.85. The zero-order valence-electron chi connectivity index (χ0n) is 5.33. The second kappa shape index (κ2) is 3.08. The van der Waals surface area contributed by atoms with Gasteiger partial charge >= 0.3 is 13.7 Å². The highest BCUT2D eigenvalue weighted by atomic mass is 35.6. The fraction of sp³-hybridized carbons (Fsp3) is 1.00. The molecule has 0 atom stereocenters. The van der Waals surface area contributed by atoms with Crippen molar-refractivity contribution in [3.05, 3.63) is 0 Å². The van der Waals surface area contributed by atoms with Gasteiger partial charge in [-0.05, 0) is 0 Å². The number of rotatable bonds is 2. The minimum absolute atomic E-state index is 0.871. The SMILES string of the molecule is CO[Si](Cl)(OC)C(F)(F)F. The Balaban J connectivity index is 4.33. The van der Waals surface area contributed by atoms with Gasteiger partial charge in [0.25, 0.3) is 0 Å². The average molecular weight is 195 g/mol. The molecule has 10 heavy (non-hydrogen) atoms. The van der Waals surface area contributed by atoms with Gasteiger partial charge in [0.1, 0.15) is 0 Å². The monoisotopic (exact) mass is 194 g/mol. The van der Waals surface area contributed by atoms with E-state index in [1.54, 1.807) is 0 Å². The molecule has 0 aliphatic heterocycles. The van der Waals surface area contributed by atoms with E-state index in [9.17, 15) is 13.2 Å². The fourth-order valence-electron chi connectivity index (χ4n) is 0.315. The quantitative estimate of drug-likeness (QED) is 0.491. The van der Waals surface area contributed by atoms with Crippen LogP contribution in [0.4, 0.5) is 13.2 Å². The maximum Gasteiger partial charge on any atom is 0.559 e. The van der Waals surface area contributed by atoms with Crippen LogP contribution in [0.25, 0.3) is 0 Å². The van der Waals surface area contributed by atoms with Gasteiger partial charge in [-0.2, -0.15) is 13.2 Å². The lowest BCUT2D eigenvalue weighted by molar-refractivity contribution is -0.0862. The van der Waals surface area contributed by atoms with Crippen LogP contribution in [-0.4, -0.2) is 27.9 Å². The first-order valence-corrected chi connectivity index (χ1v) is 5.06. The highest BCUT2D eigenvalue weighted by molar-refractivity contribution is 7.14. The van der Waals surface area contributed by atoms with Gasteiger partial charge in [-0.15, -0.1) is 0 Å². The molecule has 0 spiro atoms. The zero-order valence-corrected chi connectivity index (χ0v) is 7.08. The summed E-state index contributed by atoms with van der Waals surface area (Å²) in [5.74, 6) is -4.59. The van der Waals surface area contributed by atoms with Crippen molar-refractivity contribution in [2.24, 2.45) is 0 Å². The normalized spacial score (nSPS) is 13.8. The number of hydrogen-bond acceptors (Lipinski definition) is 2. The number of hydrogen-bond donors (Lipinski definition) is 0. The van der Waals surface area contributed by atoms with Crippen molar-refractivity contribution in [2.45, 2.75) is 5.80 Å². The Morgan fingerprint density at radius 2 is 1.50 bits per heavy atom. The number of alkyl halides is 3. The van der Waals surface area contributed by atoms with Crippen molar-refractivity contribution >= 4 is 18.9 Å². The summed E-state index contributed by atoms with van der Waals surface area (Å²) >= 11 is 4.95. The molecular formula is C3H6ClF3O2Si. The van der Waals surface area contributed by atoms with Crippen LogP contribution in [0.2, 0.25) is 0 Å². The van der Waals surface area contributed by atoms with Crippen molar-refractivity contribution in [1.82, 2.24) is 0 Å². The van der Waals surface area contributed by atoms with E-state index < -0.39 is 13.7 Å². The Bertz CT molecular complexity index is 113.